The van der Waals surface area contributed by atoms with Crippen LogP contribution in [0.25, 0.3) is 10.9 Å². The number of nitrogens with zero attached hydrogens (tertiary/aromatic N) is 1. The fraction of sp³-hybridized carbons (Fsp3) is 0.238. The predicted molar refractivity (Wildman–Crippen MR) is 112 cm³/mol. The van der Waals surface area contributed by atoms with E-state index >= 15 is 0 Å². The Morgan fingerprint density at radius 3 is 2.57 bits per heavy atom. The summed E-state index contributed by atoms with van der Waals surface area (Å²) in [6.07, 6.45) is 2.60. The second-order valence-corrected chi connectivity index (χ2v) is 6.86. The Kier molecular flexibility index (Phi) is 6.63. The lowest BCUT2D eigenvalue weighted by molar-refractivity contribution is -0.384. The summed E-state index contributed by atoms with van der Waals surface area (Å²) in [5.74, 6) is -1.43. The second-order valence-electron chi connectivity index (χ2n) is 6.86. The maximum atomic E-state index is 12.2. The van der Waals surface area contributed by atoms with Gasteiger partial charge in [0.2, 0.25) is 5.91 Å². The Bertz CT molecular complexity index is 1040. The zero-order chi connectivity index (χ0) is 21.5. The molecule has 0 saturated carbocycles. The standard InChI is InChI=1S/C21H22N4O5/c26-20(6-3-11-22-15-7-9-16(10-8-15)25(29)30)24-19(21(27)28)12-14-13-23-18-5-2-1-4-17(14)18/h1-2,4-5,7-10,13,19,22-23H,3,6,11-12H2,(H,24,26)(H,27,28). The number of nitro benzene ring substituents is 1. The fourth-order valence-corrected chi connectivity index (χ4v) is 3.17. The number of carboxylic acids is 1. The van der Waals surface area contributed by atoms with Crippen LogP contribution in [-0.4, -0.2) is 39.5 Å². The minimum Gasteiger partial charge on any atom is -0.480 e. The van der Waals surface area contributed by atoms with Gasteiger partial charge in [0.25, 0.3) is 5.69 Å². The van der Waals surface area contributed by atoms with Crippen LogP contribution < -0.4 is 10.6 Å². The van der Waals surface area contributed by atoms with Gasteiger partial charge >= 0.3 is 5.97 Å². The van der Waals surface area contributed by atoms with Gasteiger partial charge < -0.3 is 20.7 Å². The molecule has 4 N–H and O–H groups in total. The quantitative estimate of drug-likeness (QED) is 0.230. The molecule has 1 unspecified atom stereocenters. The van der Waals surface area contributed by atoms with E-state index in [1.807, 2.05) is 24.3 Å². The average Bonchev–Trinajstić information content (AvgIpc) is 3.14. The Morgan fingerprint density at radius 2 is 1.87 bits per heavy atom. The smallest absolute Gasteiger partial charge is 0.326 e. The van der Waals surface area contributed by atoms with Crippen molar-refractivity contribution in [1.29, 1.82) is 0 Å². The summed E-state index contributed by atoms with van der Waals surface area (Å²) >= 11 is 0. The molecule has 1 heterocycles. The first-order valence-corrected chi connectivity index (χ1v) is 9.49. The van der Waals surface area contributed by atoms with Crippen LogP contribution in [0.5, 0.6) is 0 Å². The molecule has 30 heavy (non-hydrogen) atoms. The second kappa shape index (κ2) is 9.55. The van der Waals surface area contributed by atoms with Crippen LogP contribution in [0.2, 0.25) is 0 Å². The fourth-order valence-electron chi connectivity index (χ4n) is 3.17. The van der Waals surface area contributed by atoms with Crippen molar-refractivity contribution in [2.45, 2.75) is 25.3 Å². The van der Waals surface area contributed by atoms with Gasteiger partial charge in [0.15, 0.2) is 0 Å². The highest BCUT2D eigenvalue weighted by Gasteiger charge is 2.21. The molecule has 0 fully saturated rings. The van der Waals surface area contributed by atoms with Crippen LogP contribution in [0.15, 0.2) is 54.7 Å². The number of H-pyrrole nitrogens is 1. The van der Waals surface area contributed by atoms with Gasteiger partial charge in [-0.3, -0.25) is 14.9 Å². The topological polar surface area (TPSA) is 137 Å². The number of non-ortho nitro benzene ring substituents is 1. The van der Waals surface area contributed by atoms with Crippen molar-refractivity contribution in [3.8, 4) is 0 Å². The molecule has 0 spiro atoms. The van der Waals surface area contributed by atoms with Gasteiger partial charge in [0.05, 0.1) is 4.92 Å². The maximum absolute atomic E-state index is 12.2. The van der Waals surface area contributed by atoms with Crippen LogP contribution in [0, 0.1) is 10.1 Å². The van der Waals surface area contributed by atoms with E-state index in [2.05, 4.69) is 15.6 Å². The van der Waals surface area contributed by atoms with Crippen molar-refractivity contribution in [3.05, 3.63) is 70.4 Å². The zero-order valence-corrected chi connectivity index (χ0v) is 16.1. The van der Waals surface area contributed by atoms with Gasteiger partial charge in [-0.25, -0.2) is 4.79 Å². The number of aliphatic carboxylic acids is 1. The van der Waals surface area contributed by atoms with E-state index in [0.29, 0.717) is 18.7 Å². The van der Waals surface area contributed by atoms with E-state index in [1.54, 1.807) is 18.3 Å². The summed E-state index contributed by atoms with van der Waals surface area (Å²) in [4.78, 5) is 37.1. The number of carboxylic acid groups (broad SMARTS) is 1. The molecule has 1 atom stereocenters. The molecule has 156 valence electrons. The Hall–Kier alpha value is -3.88. The van der Waals surface area contributed by atoms with Crippen molar-refractivity contribution in [2.24, 2.45) is 0 Å². The Morgan fingerprint density at radius 1 is 1.13 bits per heavy atom. The molecule has 0 bridgehead atoms. The molecule has 0 aliphatic carbocycles. The number of aromatic amines is 1. The van der Waals surface area contributed by atoms with Gasteiger partial charge in [-0.15, -0.1) is 0 Å². The summed E-state index contributed by atoms with van der Waals surface area (Å²) < 4.78 is 0. The molecule has 0 aliphatic heterocycles. The van der Waals surface area contributed by atoms with E-state index in [4.69, 9.17) is 0 Å². The molecule has 0 saturated heterocycles. The zero-order valence-electron chi connectivity index (χ0n) is 16.1. The van der Waals surface area contributed by atoms with Crippen LogP contribution in [-0.2, 0) is 16.0 Å². The molecule has 9 heteroatoms. The minimum atomic E-state index is -1.09. The molecular weight excluding hydrogens is 388 g/mol. The highest BCUT2D eigenvalue weighted by molar-refractivity contribution is 5.86. The predicted octanol–water partition coefficient (Wildman–Crippen LogP) is 3.08. The molecule has 1 aromatic heterocycles. The lowest BCUT2D eigenvalue weighted by Gasteiger charge is -2.14. The molecule has 9 nitrogen and oxygen atoms in total. The SMILES string of the molecule is O=C(CCCNc1ccc([N+](=O)[O-])cc1)NC(Cc1c[nH]c2ccccc12)C(=O)O. The molecule has 2 aromatic carbocycles. The van der Waals surface area contributed by atoms with Crippen molar-refractivity contribution < 1.29 is 19.6 Å². The van der Waals surface area contributed by atoms with Crippen molar-refractivity contribution in [2.75, 3.05) is 11.9 Å². The number of carbonyl (C=O) groups excluding carboxylic acids is 1. The molecule has 0 radical (unpaired) electrons. The molecule has 3 aromatic rings. The van der Waals surface area contributed by atoms with Gasteiger partial charge in [-0.2, -0.15) is 0 Å². The van der Waals surface area contributed by atoms with Gasteiger partial charge in [0, 0.05) is 54.3 Å². The number of anilines is 1. The van der Waals surface area contributed by atoms with Crippen LogP contribution in [0.1, 0.15) is 18.4 Å². The van der Waals surface area contributed by atoms with E-state index in [1.165, 1.54) is 12.1 Å². The number of fused-ring (bicyclic) bond motifs is 1. The Balaban J connectivity index is 1.47. The highest BCUT2D eigenvalue weighted by Crippen LogP contribution is 2.19. The summed E-state index contributed by atoms with van der Waals surface area (Å²) in [5, 5.41) is 26.7. The largest absolute Gasteiger partial charge is 0.480 e. The number of rotatable bonds is 10. The third-order valence-electron chi connectivity index (χ3n) is 4.72. The number of hydrogen-bond acceptors (Lipinski definition) is 5. The lowest BCUT2D eigenvalue weighted by Crippen LogP contribution is -2.42. The summed E-state index contributed by atoms with van der Waals surface area (Å²) in [5.41, 5.74) is 2.47. The summed E-state index contributed by atoms with van der Waals surface area (Å²) in [7, 11) is 0. The summed E-state index contributed by atoms with van der Waals surface area (Å²) in [6, 6.07) is 12.6. The van der Waals surface area contributed by atoms with Gasteiger partial charge in [-0.1, -0.05) is 18.2 Å². The third-order valence-corrected chi connectivity index (χ3v) is 4.72. The number of carbonyl (C=O) groups is 2. The lowest BCUT2D eigenvalue weighted by atomic mass is 10.0. The number of aromatic nitrogens is 1. The molecule has 3 rings (SSSR count). The first kappa shape index (κ1) is 20.8. The normalized spacial score (nSPS) is 11.7. The van der Waals surface area contributed by atoms with Crippen molar-refractivity contribution in [1.82, 2.24) is 10.3 Å². The number of para-hydroxylation sites is 1. The average molecular weight is 410 g/mol. The first-order valence-electron chi connectivity index (χ1n) is 9.49. The Labute approximate surface area is 172 Å². The van der Waals surface area contributed by atoms with Gasteiger partial charge in [0.1, 0.15) is 6.04 Å². The van der Waals surface area contributed by atoms with E-state index in [9.17, 15) is 24.8 Å². The van der Waals surface area contributed by atoms with Crippen LogP contribution in [0.3, 0.4) is 0 Å². The molecule has 1 amide bonds. The maximum Gasteiger partial charge on any atom is 0.326 e. The minimum absolute atomic E-state index is 0.00911. The van der Waals surface area contributed by atoms with Gasteiger partial charge in [-0.05, 0) is 30.2 Å². The highest BCUT2D eigenvalue weighted by atomic mass is 16.6. The van der Waals surface area contributed by atoms with E-state index in [-0.39, 0.29) is 24.4 Å². The number of nitro groups is 1. The van der Waals surface area contributed by atoms with E-state index < -0.39 is 16.9 Å². The van der Waals surface area contributed by atoms with Crippen LogP contribution in [0.4, 0.5) is 11.4 Å². The monoisotopic (exact) mass is 410 g/mol. The third kappa shape index (κ3) is 5.34. The molecular formula is C21H22N4O5. The number of benzene rings is 2. The molecule has 0 aliphatic rings. The first-order chi connectivity index (χ1) is 14.4. The van der Waals surface area contributed by atoms with Crippen molar-refractivity contribution in [3.63, 3.8) is 0 Å². The van der Waals surface area contributed by atoms with Crippen molar-refractivity contribution >= 4 is 34.2 Å². The van der Waals surface area contributed by atoms with Crippen LogP contribution >= 0.6 is 0 Å². The van der Waals surface area contributed by atoms with E-state index in [0.717, 1.165) is 16.5 Å². The number of nitrogens with one attached hydrogen (secondary N) is 3. The number of hydrogen-bond donors (Lipinski definition) is 4. The number of amides is 1. The summed E-state index contributed by atoms with van der Waals surface area (Å²) in [6.45, 7) is 0.478.